The molecule has 4 aliphatic rings. The fraction of sp³-hybridized carbons (Fsp3) is 0.575. The Labute approximate surface area is 336 Å². The van der Waals surface area contributed by atoms with E-state index < -0.39 is 64.3 Å². The van der Waals surface area contributed by atoms with Crippen molar-refractivity contribution in [2.75, 3.05) is 43.0 Å². The van der Waals surface area contributed by atoms with Gasteiger partial charge in [0.2, 0.25) is 0 Å². The van der Waals surface area contributed by atoms with Crippen LogP contribution in [0.1, 0.15) is 85.6 Å². The number of fused-ring (bicyclic) bond motifs is 5. The van der Waals surface area contributed by atoms with E-state index in [0.717, 1.165) is 29.9 Å². The lowest BCUT2D eigenvalue weighted by atomic mass is 9.95. The van der Waals surface area contributed by atoms with Gasteiger partial charge in [0.05, 0.1) is 27.8 Å². The second-order valence-electron chi connectivity index (χ2n) is 17.6. The molecule has 4 atom stereocenters. The first kappa shape index (κ1) is 40.2. The van der Waals surface area contributed by atoms with Gasteiger partial charge in [-0.25, -0.2) is 36.5 Å². The van der Waals surface area contributed by atoms with E-state index in [-0.39, 0.29) is 88.4 Å². The van der Waals surface area contributed by atoms with E-state index in [0.29, 0.717) is 25.8 Å². The Balaban J connectivity index is 1.24. The van der Waals surface area contributed by atoms with E-state index in [1.807, 2.05) is 4.90 Å². The largest absolute Gasteiger partial charge is 0.461 e. The number of nitrogens with one attached hydrogen (secondary N) is 1. The molecule has 0 radical (unpaired) electrons. The molecule has 18 heteroatoms. The number of anilines is 2. The standard InChI is InChI=1S/C40H46F5N7O5S/c1-38(2,3)56-36(53)49-35-47-30-23(10-11-26(42)31(30)58-35)27-24(32(44)45)14-25-29(28(27)43)46-34(55-19-40-12-7-13-51(40)16-20(41)15-40)48-33(25)50-17-21-8-9-22(18-50)52(21)37(54)57-39(4,5)6/h10-11,14,20-22,32H,7-9,12-13,15-19H2,1-6H3,(H,47,49,53)/t20-,21?,22?,40+/m1/s1. The van der Waals surface area contributed by atoms with Crippen molar-refractivity contribution in [3.63, 3.8) is 0 Å². The van der Waals surface area contributed by atoms with Crippen LogP contribution < -0.4 is 15.0 Å². The van der Waals surface area contributed by atoms with Gasteiger partial charge in [-0.2, -0.15) is 9.97 Å². The average Bonchev–Trinajstić information content (AvgIpc) is 3.86. The summed E-state index contributed by atoms with van der Waals surface area (Å²) >= 11 is 0.744. The van der Waals surface area contributed by atoms with E-state index in [1.54, 1.807) is 46.4 Å². The number of hydrogen-bond donors (Lipinski definition) is 1. The summed E-state index contributed by atoms with van der Waals surface area (Å²) in [4.78, 5) is 45.0. The Hall–Kier alpha value is -4.58. The number of aromatic nitrogens is 3. The summed E-state index contributed by atoms with van der Waals surface area (Å²) in [6, 6.07) is 2.52. The Bertz CT molecular complexity index is 2270. The van der Waals surface area contributed by atoms with Crippen LogP contribution in [0.3, 0.4) is 0 Å². The summed E-state index contributed by atoms with van der Waals surface area (Å²) in [5.74, 6) is -1.74. The number of hydrogen-bond acceptors (Lipinski definition) is 11. The quantitative estimate of drug-likeness (QED) is 0.181. The predicted octanol–water partition coefficient (Wildman–Crippen LogP) is 9.01. The predicted molar refractivity (Wildman–Crippen MR) is 209 cm³/mol. The minimum atomic E-state index is -3.21. The van der Waals surface area contributed by atoms with Crippen LogP contribution in [0.25, 0.3) is 32.2 Å². The Kier molecular flexibility index (Phi) is 10.1. The Morgan fingerprint density at radius 3 is 2.36 bits per heavy atom. The maximum atomic E-state index is 17.4. The molecule has 12 nitrogen and oxygen atoms in total. The van der Waals surface area contributed by atoms with Crippen molar-refractivity contribution in [3.8, 4) is 17.1 Å². The van der Waals surface area contributed by atoms with Crippen molar-refractivity contribution in [2.45, 2.75) is 115 Å². The van der Waals surface area contributed by atoms with Crippen LogP contribution in [0.15, 0.2) is 18.2 Å². The highest BCUT2D eigenvalue weighted by molar-refractivity contribution is 7.22. The topological polar surface area (TPSA) is 122 Å². The van der Waals surface area contributed by atoms with Gasteiger partial charge in [-0.1, -0.05) is 11.3 Å². The van der Waals surface area contributed by atoms with Gasteiger partial charge in [0, 0.05) is 48.1 Å². The van der Waals surface area contributed by atoms with Gasteiger partial charge in [-0.3, -0.25) is 15.1 Å². The normalized spacial score (nSPS) is 23.6. The summed E-state index contributed by atoms with van der Waals surface area (Å²) < 4.78 is 95.0. The molecule has 2 bridgehead atoms. The molecule has 2 aromatic carbocycles. The van der Waals surface area contributed by atoms with Crippen molar-refractivity contribution in [3.05, 3.63) is 35.4 Å². The number of halogens is 5. The number of carbonyl (C=O) groups is 2. The number of amides is 2. The van der Waals surface area contributed by atoms with Crippen LogP contribution in [0.4, 0.5) is 42.5 Å². The van der Waals surface area contributed by atoms with Gasteiger partial charge in [-0.15, -0.1) is 0 Å². The number of alkyl halides is 3. The van der Waals surface area contributed by atoms with E-state index in [1.165, 1.54) is 6.07 Å². The lowest BCUT2D eigenvalue weighted by molar-refractivity contribution is 0.0122. The second-order valence-corrected chi connectivity index (χ2v) is 18.6. The molecule has 58 heavy (non-hydrogen) atoms. The molecule has 0 spiro atoms. The molecule has 0 saturated carbocycles. The average molecular weight is 832 g/mol. The van der Waals surface area contributed by atoms with Gasteiger partial charge in [0.25, 0.3) is 6.43 Å². The van der Waals surface area contributed by atoms with Crippen molar-refractivity contribution >= 4 is 55.6 Å². The molecule has 4 saturated heterocycles. The first-order chi connectivity index (χ1) is 27.3. The highest BCUT2D eigenvalue weighted by atomic mass is 32.1. The van der Waals surface area contributed by atoms with Crippen molar-refractivity contribution in [2.24, 2.45) is 0 Å². The van der Waals surface area contributed by atoms with E-state index >= 15 is 17.6 Å². The molecule has 6 heterocycles. The number of thiazole rings is 1. The lowest BCUT2D eigenvalue weighted by Crippen LogP contribution is -2.57. The van der Waals surface area contributed by atoms with Crippen LogP contribution in [-0.4, -0.2) is 105 Å². The molecule has 1 N–H and O–H groups in total. The molecule has 312 valence electrons. The van der Waals surface area contributed by atoms with Crippen molar-refractivity contribution in [1.29, 1.82) is 0 Å². The van der Waals surface area contributed by atoms with E-state index in [9.17, 15) is 14.0 Å². The molecule has 8 rings (SSSR count). The van der Waals surface area contributed by atoms with Crippen LogP contribution in [0.5, 0.6) is 6.01 Å². The van der Waals surface area contributed by atoms with Crippen LogP contribution >= 0.6 is 11.3 Å². The molecule has 2 amide bonds. The summed E-state index contributed by atoms with van der Waals surface area (Å²) in [5, 5.41) is 2.36. The van der Waals surface area contributed by atoms with Crippen molar-refractivity contribution < 1.29 is 45.8 Å². The number of piperazine rings is 1. The van der Waals surface area contributed by atoms with Gasteiger partial charge in [0.15, 0.2) is 10.9 Å². The minimum Gasteiger partial charge on any atom is -0.461 e. The fourth-order valence-corrected chi connectivity index (χ4v) is 9.80. The summed E-state index contributed by atoms with van der Waals surface area (Å²) in [6.45, 7) is 11.9. The minimum absolute atomic E-state index is 0.0109. The number of rotatable bonds is 7. The molecular weight excluding hydrogens is 786 g/mol. The summed E-state index contributed by atoms with van der Waals surface area (Å²) in [7, 11) is 0. The Morgan fingerprint density at radius 2 is 1.69 bits per heavy atom. The molecule has 4 fully saturated rings. The molecule has 0 aliphatic carbocycles. The lowest BCUT2D eigenvalue weighted by Gasteiger charge is -2.42. The summed E-state index contributed by atoms with van der Waals surface area (Å²) in [6.07, 6.45) is -2.42. The molecule has 4 aromatic rings. The molecular formula is C40H46F5N7O5S. The molecule has 2 aromatic heterocycles. The van der Waals surface area contributed by atoms with E-state index in [4.69, 9.17) is 19.2 Å². The first-order valence-corrected chi connectivity index (χ1v) is 20.3. The Morgan fingerprint density at radius 1 is 0.983 bits per heavy atom. The second kappa shape index (κ2) is 14.6. The zero-order chi connectivity index (χ0) is 41.5. The highest BCUT2D eigenvalue weighted by Gasteiger charge is 2.50. The van der Waals surface area contributed by atoms with Crippen molar-refractivity contribution in [1.82, 2.24) is 24.8 Å². The molecule has 4 aliphatic heterocycles. The third-order valence-electron chi connectivity index (χ3n) is 11.1. The van der Waals surface area contributed by atoms with Gasteiger partial charge < -0.3 is 19.1 Å². The third-order valence-corrected chi connectivity index (χ3v) is 12.1. The number of carbonyl (C=O) groups excluding carboxylic acids is 2. The summed E-state index contributed by atoms with van der Waals surface area (Å²) in [5.41, 5.74) is -4.04. The smallest absolute Gasteiger partial charge is 0.413 e. The SMILES string of the molecule is CC(C)(C)OC(=O)Nc1nc2c(-c3c(C(F)F)cc4c(N5CC6CCC(C5)N6C(=O)OC(C)(C)C)nc(OC[C@@]56CCCN5C[C@H](F)C6)nc4c3F)ccc(F)c2s1. The van der Waals surface area contributed by atoms with Gasteiger partial charge >= 0.3 is 18.2 Å². The van der Waals surface area contributed by atoms with Crippen LogP contribution in [-0.2, 0) is 9.47 Å². The fourth-order valence-electron chi connectivity index (χ4n) is 8.92. The number of nitrogens with zero attached hydrogens (tertiary/aromatic N) is 6. The van der Waals surface area contributed by atoms with Crippen LogP contribution in [0.2, 0.25) is 0 Å². The first-order valence-electron chi connectivity index (χ1n) is 19.5. The maximum absolute atomic E-state index is 17.4. The van der Waals surface area contributed by atoms with Crippen LogP contribution in [0, 0.1) is 11.6 Å². The number of benzene rings is 2. The highest BCUT2D eigenvalue weighted by Crippen LogP contribution is 2.46. The zero-order valence-corrected chi connectivity index (χ0v) is 34.0. The monoisotopic (exact) mass is 831 g/mol. The zero-order valence-electron chi connectivity index (χ0n) is 33.1. The van der Waals surface area contributed by atoms with Gasteiger partial charge in [-0.05, 0) is 92.0 Å². The van der Waals surface area contributed by atoms with E-state index in [2.05, 4.69) is 20.2 Å². The third kappa shape index (κ3) is 7.57. The number of ether oxygens (including phenoxy) is 3. The van der Waals surface area contributed by atoms with Gasteiger partial charge in [0.1, 0.15) is 41.1 Å². The molecule has 2 unspecified atom stereocenters. The maximum Gasteiger partial charge on any atom is 0.413 e.